The number of oxime groups is 1. The van der Waals surface area contributed by atoms with Gasteiger partial charge in [-0.3, -0.25) is 4.90 Å². The number of carbonyl (C=O) groups excluding carboxylic acids is 1. The summed E-state index contributed by atoms with van der Waals surface area (Å²) in [6.07, 6.45) is 1.73. The molecule has 1 N–H and O–H groups in total. The van der Waals surface area contributed by atoms with E-state index in [4.69, 9.17) is 9.16 Å². The summed E-state index contributed by atoms with van der Waals surface area (Å²) >= 11 is 0. The van der Waals surface area contributed by atoms with E-state index in [0.717, 1.165) is 5.56 Å². The number of piperidine rings is 1. The second kappa shape index (κ2) is 8.79. The van der Waals surface area contributed by atoms with E-state index in [9.17, 15) is 18.4 Å². The second-order valence-electron chi connectivity index (χ2n) is 12.6. The Morgan fingerprint density at radius 3 is 2.57 bits per heavy atom. The molecule has 3 aliphatic heterocycles. The molecular formula is C26H39N3O6SSi. The Balaban J connectivity index is 1.61. The maximum atomic E-state index is 14.1. The molecule has 6 atom stereocenters. The fourth-order valence-corrected chi connectivity index (χ4v) is 9.70. The number of cyclic esters (lactones) is 1. The minimum atomic E-state index is -3.89. The third kappa shape index (κ3) is 3.87. The number of ether oxygens (including phenoxy) is 1. The molecule has 0 aromatic heterocycles. The van der Waals surface area contributed by atoms with E-state index in [2.05, 4.69) is 39.0 Å². The molecule has 1 aromatic rings. The molecule has 1 amide bonds. The highest BCUT2D eigenvalue weighted by atomic mass is 32.2. The van der Waals surface area contributed by atoms with Crippen molar-refractivity contribution in [3.8, 4) is 0 Å². The lowest BCUT2D eigenvalue weighted by molar-refractivity contribution is -0.0689. The van der Waals surface area contributed by atoms with Crippen molar-refractivity contribution in [3.63, 3.8) is 0 Å². The fraction of sp³-hybridized carbons (Fsp3) is 0.692. The van der Waals surface area contributed by atoms with Crippen LogP contribution >= 0.6 is 0 Å². The van der Waals surface area contributed by atoms with Crippen molar-refractivity contribution in [1.82, 2.24) is 9.21 Å². The lowest BCUT2D eigenvalue weighted by atomic mass is 9.58. The van der Waals surface area contributed by atoms with Crippen LogP contribution in [-0.2, 0) is 19.2 Å². The minimum Gasteiger partial charge on any atom is -0.441 e. The lowest BCUT2D eigenvalue weighted by Crippen LogP contribution is -2.73. The van der Waals surface area contributed by atoms with Gasteiger partial charge < -0.3 is 14.4 Å². The maximum absolute atomic E-state index is 14.1. The number of nitrogens with zero attached hydrogens (tertiary/aromatic N) is 3. The SMILES string of the molecule is Cc1ccc(S(=O)(=O)N2CC[C@@H]3[C@H]4C[C@H](/C=N/O)[C@H]2[C@]32[C@@H](CO[Si](C)(C)C(C)(C)C)OC(=O)N2C4)cc1. The molecule has 3 saturated heterocycles. The van der Waals surface area contributed by atoms with E-state index in [1.54, 1.807) is 33.5 Å². The van der Waals surface area contributed by atoms with Crippen LogP contribution in [0.1, 0.15) is 39.2 Å². The Morgan fingerprint density at radius 1 is 1.27 bits per heavy atom. The molecule has 1 saturated carbocycles. The van der Waals surface area contributed by atoms with E-state index >= 15 is 0 Å². The van der Waals surface area contributed by atoms with Crippen LogP contribution in [0.3, 0.4) is 0 Å². The standard InChI is InChI=1S/C26H39N3O6SSi/c1-17-7-9-20(10-8-17)36(32,33)29-12-11-21-19-13-18(14-27-31)23(29)26(21)22(35-24(30)28(26)15-19)16-34-37(5,6)25(2,3)4/h7-10,14,18-19,21-23,31H,11-13,15-16H2,1-6H3/b27-14+/t18-,19+,21-,22-,23+,26-/m1/s1. The molecule has 4 bridgehead atoms. The van der Waals surface area contributed by atoms with Gasteiger partial charge >= 0.3 is 6.09 Å². The smallest absolute Gasteiger partial charge is 0.410 e. The highest BCUT2D eigenvalue weighted by Gasteiger charge is 2.75. The Bertz CT molecular complexity index is 1200. The maximum Gasteiger partial charge on any atom is 0.410 e. The number of rotatable bonds is 6. The van der Waals surface area contributed by atoms with Gasteiger partial charge in [-0.05, 0) is 61.9 Å². The molecule has 1 aromatic carbocycles. The van der Waals surface area contributed by atoms with Gasteiger partial charge in [-0.25, -0.2) is 13.2 Å². The first-order valence-electron chi connectivity index (χ1n) is 13.1. The number of hydrogen-bond donors (Lipinski definition) is 1. The first kappa shape index (κ1) is 26.6. The normalized spacial score (nSPS) is 34.2. The van der Waals surface area contributed by atoms with Gasteiger partial charge in [0.25, 0.3) is 0 Å². The third-order valence-corrected chi connectivity index (χ3v) is 16.1. The Hall–Kier alpha value is -1.95. The topological polar surface area (TPSA) is 109 Å². The van der Waals surface area contributed by atoms with Crippen LogP contribution in [0.25, 0.3) is 0 Å². The summed E-state index contributed by atoms with van der Waals surface area (Å²) in [5.41, 5.74) is 0.103. The first-order chi connectivity index (χ1) is 17.2. The first-order valence-corrected chi connectivity index (χ1v) is 17.5. The highest BCUT2D eigenvalue weighted by Crippen LogP contribution is 2.61. The van der Waals surface area contributed by atoms with Crippen molar-refractivity contribution in [2.75, 3.05) is 19.7 Å². The number of sulfonamides is 1. The molecule has 5 rings (SSSR count). The second-order valence-corrected chi connectivity index (χ2v) is 19.3. The predicted molar refractivity (Wildman–Crippen MR) is 142 cm³/mol. The molecule has 0 radical (unpaired) electrons. The van der Waals surface area contributed by atoms with Crippen LogP contribution in [0.2, 0.25) is 18.1 Å². The zero-order valence-corrected chi connectivity index (χ0v) is 24.4. The largest absolute Gasteiger partial charge is 0.441 e. The van der Waals surface area contributed by atoms with Gasteiger partial charge in [-0.2, -0.15) is 4.31 Å². The molecule has 204 valence electrons. The molecule has 1 spiro atoms. The van der Waals surface area contributed by atoms with Gasteiger partial charge in [-0.1, -0.05) is 38.5 Å². The summed E-state index contributed by atoms with van der Waals surface area (Å²) in [4.78, 5) is 15.3. The van der Waals surface area contributed by atoms with Crippen LogP contribution in [0.15, 0.2) is 34.3 Å². The number of hydrogen-bond acceptors (Lipinski definition) is 7. The zero-order chi connectivity index (χ0) is 27.0. The van der Waals surface area contributed by atoms with Crippen LogP contribution < -0.4 is 0 Å². The van der Waals surface area contributed by atoms with E-state index in [0.29, 0.717) is 25.9 Å². The monoisotopic (exact) mass is 549 g/mol. The van der Waals surface area contributed by atoms with Gasteiger partial charge in [-0.15, -0.1) is 5.16 Å². The quantitative estimate of drug-likeness (QED) is 0.248. The summed E-state index contributed by atoms with van der Waals surface area (Å²) in [6.45, 7) is 13.8. The summed E-state index contributed by atoms with van der Waals surface area (Å²) in [6, 6.07) is 6.24. The molecule has 4 fully saturated rings. The minimum absolute atomic E-state index is 0.0273. The summed E-state index contributed by atoms with van der Waals surface area (Å²) in [5.74, 6) is -0.0851. The number of amides is 1. The zero-order valence-electron chi connectivity index (χ0n) is 22.5. The molecule has 4 aliphatic rings. The van der Waals surface area contributed by atoms with Crippen molar-refractivity contribution >= 4 is 30.6 Å². The molecule has 0 unspecified atom stereocenters. The molecule has 9 nitrogen and oxygen atoms in total. The van der Waals surface area contributed by atoms with Crippen LogP contribution in [-0.4, -0.2) is 80.8 Å². The van der Waals surface area contributed by atoms with Crippen molar-refractivity contribution in [3.05, 3.63) is 29.8 Å². The average Bonchev–Trinajstić information content (AvgIpc) is 3.20. The van der Waals surface area contributed by atoms with Gasteiger partial charge in [0.15, 0.2) is 14.4 Å². The summed E-state index contributed by atoms with van der Waals surface area (Å²) < 4.78 is 42.3. The van der Waals surface area contributed by atoms with Gasteiger partial charge in [0.05, 0.1) is 17.5 Å². The number of benzene rings is 1. The van der Waals surface area contributed by atoms with E-state index < -0.39 is 42.1 Å². The Kier molecular flexibility index (Phi) is 6.33. The van der Waals surface area contributed by atoms with Crippen molar-refractivity contribution in [1.29, 1.82) is 0 Å². The number of aryl methyl sites for hydroxylation is 1. The Labute approximate surface area is 221 Å². The van der Waals surface area contributed by atoms with Gasteiger partial charge in [0.2, 0.25) is 10.0 Å². The molecule has 1 aliphatic carbocycles. The van der Waals surface area contributed by atoms with Crippen LogP contribution in [0.5, 0.6) is 0 Å². The van der Waals surface area contributed by atoms with Crippen molar-refractivity contribution < 1.29 is 27.6 Å². The Morgan fingerprint density at radius 2 is 1.95 bits per heavy atom. The van der Waals surface area contributed by atoms with E-state index in [1.165, 1.54) is 6.21 Å². The summed E-state index contributed by atoms with van der Waals surface area (Å²) in [5, 5.41) is 12.9. The van der Waals surface area contributed by atoms with Crippen molar-refractivity contribution in [2.24, 2.45) is 22.9 Å². The molecule has 37 heavy (non-hydrogen) atoms. The fourth-order valence-electron chi connectivity index (χ4n) is 6.98. The van der Waals surface area contributed by atoms with E-state index in [1.807, 2.05) is 6.92 Å². The molecule has 3 heterocycles. The van der Waals surface area contributed by atoms with E-state index in [-0.39, 0.29) is 34.3 Å². The third-order valence-electron chi connectivity index (χ3n) is 9.74. The lowest BCUT2D eigenvalue weighted by Gasteiger charge is -2.57. The van der Waals surface area contributed by atoms with Crippen LogP contribution in [0, 0.1) is 24.7 Å². The van der Waals surface area contributed by atoms with Gasteiger partial charge in [0.1, 0.15) is 5.54 Å². The van der Waals surface area contributed by atoms with Crippen molar-refractivity contribution in [2.45, 2.75) is 81.2 Å². The predicted octanol–water partition coefficient (Wildman–Crippen LogP) is 4.07. The average molecular weight is 550 g/mol. The van der Waals surface area contributed by atoms with Gasteiger partial charge in [0, 0.05) is 25.2 Å². The number of carbonyl (C=O) groups is 1. The highest BCUT2D eigenvalue weighted by molar-refractivity contribution is 7.89. The molecule has 11 heteroatoms. The van der Waals surface area contributed by atoms with Crippen LogP contribution in [0.4, 0.5) is 4.79 Å². The molecular weight excluding hydrogens is 510 g/mol. The summed E-state index contributed by atoms with van der Waals surface area (Å²) in [7, 11) is -6.06.